The quantitative estimate of drug-likeness (QED) is 0.772. The van der Waals surface area contributed by atoms with Crippen LogP contribution >= 0.6 is 11.6 Å². The lowest BCUT2D eigenvalue weighted by Crippen LogP contribution is -2.50. The summed E-state index contributed by atoms with van der Waals surface area (Å²) in [5, 5.41) is 3.40. The van der Waals surface area contributed by atoms with E-state index in [0.717, 1.165) is 17.7 Å². The Morgan fingerprint density at radius 1 is 1.04 bits per heavy atom. The van der Waals surface area contributed by atoms with E-state index in [0.29, 0.717) is 42.6 Å². The summed E-state index contributed by atoms with van der Waals surface area (Å²) in [5.41, 5.74) is 1.63. The van der Waals surface area contributed by atoms with Gasteiger partial charge in [0, 0.05) is 42.6 Å². The molecule has 1 saturated heterocycles. The fourth-order valence-corrected chi connectivity index (χ4v) is 3.12. The first-order chi connectivity index (χ1) is 12.7. The molecule has 0 radical (unpaired) electrons. The van der Waals surface area contributed by atoms with Gasteiger partial charge in [0.05, 0.1) is 5.56 Å². The molecule has 1 fully saturated rings. The van der Waals surface area contributed by atoms with Gasteiger partial charge in [-0.1, -0.05) is 17.7 Å². The van der Waals surface area contributed by atoms with Crippen LogP contribution in [0, 0.1) is 6.92 Å². The van der Waals surface area contributed by atoms with E-state index in [1.807, 2.05) is 17.9 Å². The molecule has 1 aliphatic heterocycles. The van der Waals surface area contributed by atoms with Crippen LogP contribution in [0.5, 0.6) is 0 Å². The summed E-state index contributed by atoms with van der Waals surface area (Å²) in [5.74, 6) is 0. The topological polar surface area (TPSA) is 35.6 Å². The number of benzene rings is 2. The van der Waals surface area contributed by atoms with Crippen LogP contribution in [0.3, 0.4) is 0 Å². The average Bonchev–Trinajstić information content (AvgIpc) is 2.64. The molecule has 4 nitrogen and oxygen atoms in total. The number of carbonyl (C=O) groups excluding carboxylic acids is 1. The van der Waals surface area contributed by atoms with Crippen molar-refractivity contribution < 1.29 is 18.0 Å². The highest BCUT2D eigenvalue weighted by molar-refractivity contribution is 6.31. The van der Waals surface area contributed by atoms with Crippen molar-refractivity contribution in [1.29, 1.82) is 0 Å². The third-order valence-corrected chi connectivity index (χ3v) is 4.80. The number of piperazine rings is 1. The summed E-state index contributed by atoms with van der Waals surface area (Å²) in [6.07, 6.45) is -4.34. The first-order valence-electron chi connectivity index (χ1n) is 8.48. The smallest absolute Gasteiger partial charge is 0.368 e. The maximum atomic E-state index is 12.7. The van der Waals surface area contributed by atoms with Gasteiger partial charge < -0.3 is 15.1 Å². The van der Waals surface area contributed by atoms with Crippen molar-refractivity contribution in [2.45, 2.75) is 13.1 Å². The Kier molecular flexibility index (Phi) is 5.51. The van der Waals surface area contributed by atoms with Gasteiger partial charge in [0.25, 0.3) is 0 Å². The van der Waals surface area contributed by atoms with E-state index in [2.05, 4.69) is 5.32 Å². The summed E-state index contributed by atoms with van der Waals surface area (Å²) in [7, 11) is 0. The standard InChI is InChI=1S/C19H19ClF3N3O/c1-13-2-5-15(20)12-17(13)24-18(27)26-10-8-25(9-11-26)16-6-3-14(4-7-16)19(21,22)23/h2-7,12H,8-11H2,1H3,(H,24,27). The molecule has 3 rings (SSSR count). The number of hydrogen-bond acceptors (Lipinski definition) is 2. The van der Waals surface area contributed by atoms with Gasteiger partial charge in [0.15, 0.2) is 0 Å². The monoisotopic (exact) mass is 397 g/mol. The maximum absolute atomic E-state index is 12.7. The number of halogens is 4. The first-order valence-corrected chi connectivity index (χ1v) is 8.86. The number of rotatable bonds is 2. The lowest BCUT2D eigenvalue weighted by Gasteiger charge is -2.36. The molecular formula is C19H19ClF3N3O. The average molecular weight is 398 g/mol. The Balaban J connectivity index is 1.58. The number of urea groups is 1. The molecule has 27 heavy (non-hydrogen) atoms. The van der Waals surface area contributed by atoms with Gasteiger partial charge in [-0.05, 0) is 48.9 Å². The van der Waals surface area contributed by atoms with E-state index >= 15 is 0 Å². The number of anilines is 2. The Bertz CT molecular complexity index is 816. The minimum atomic E-state index is -4.34. The van der Waals surface area contributed by atoms with E-state index < -0.39 is 11.7 Å². The summed E-state index contributed by atoms with van der Waals surface area (Å²) in [6, 6.07) is 10.2. The second-order valence-electron chi connectivity index (χ2n) is 6.41. The third-order valence-electron chi connectivity index (χ3n) is 4.57. The Hall–Kier alpha value is -2.41. The molecule has 0 aromatic heterocycles. The molecule has 0 saturated carbocycles. The van der Waals surface area contributed by atoms with Crippen LogP contribution in [-0.4, -0.2) is 37.1 Å². The Morgan fingerprint density at radius 2 is 1.67 bits per heavy atom. The predicted molar refractivity (Wildman–Crippen MR) is 100 cm³/mol. The van der Waals surface area contributed by atoms with Gasteiger partial charge in [0.1, 0.15) is 0 Å². The Labute approximate surface area is 160 Å². The SMILES string of the molecule is Cc1ccc(Cl)cc1NC(=O)N1CCN(c2ccc(C(F)(F)F)cc2)CC1. The van der Waals surface area contributed by atoms with Crippen LogP contribution in [0.4, 0.5) is 29.3 Å². The molecule has 1 heterocycles. The summed E-state index contributed by atoms with van der Waals surface area (Å²) >= 11 is 5.97. The van der Waals surface area contributed by atoms with Crippen LogP contribution in [0.1, 0.15) is 11.1 Å². The highest BCUT2D eigenvalue weighted by Gasteiger charge is 2.30. The second-order valence-corrected chi connectivity index (χ2v) is 6.84. The number of aryl methyl sites for hydroxylation is 1. The summed E-state index contributed by atoms with van der Waals surface area (Å²) < 4.78 is 38.0. The van der Waals surface area contributed by atoms with Crippen molar-refractivity contribution >= 4 is 29.0 Å². The van der Waals surface area contributed by atoms with Gasteiger partial charge in [-0.15, -0.1) is 0 Å². The number of hydrogen-bond donors (Lipinski definition) is 1. The van der Waals surface area contributed by atoms with Gasteiger partial charge in [-0.2, -0.15) is 13.2 Å². The predicted octanol–water partition coefficient (Wildman–Crippen LogP) is 5.02. The van der Waals surface area contributed by atoms with Crippen LogP contribution in [-0.2, 0) is 6.18 Å². The van der Waals surface area contributed by atoms with Crippen molar-refractivity contribution in [1.82, 2.24) is 4.90 Å². The largest absolute Gasteiger partial charge is 0.416 e. The highest BCUT2D eigenvalue weighted by atomic mass is 35.5. The number of alkyl halides is 3. The molecule has 2 aromatic rings. The zero-order chi connectivity index (χ0) is 19.6. The lowest BCUT2D eigenvalue weighted by atomic mass is 10.1. The zero-order valence-electron chi connectivity index (χ0n) is 14.7. The van der Waals surface area contributed by atoms with E-state index in [9.17, 15) is 18.0 Å². The molecule has 0 atom stereocenters. The fraction of sp³-hybridized carbons (Fsp3) is 0.316. The van der Waals surface area contributed by atoms with Crippen molar-refractivity contribution in [3.05, 3.63) is 58.6 Å². The minimum absolute atomic E-state index is 0.215. The summed E-state index contributed by atoms with van der Waals surface area (Å²) in [4.78, 5) is 16.1. The molecule has 2 amide bonds. The number of carbonyl (C=O) groups is 1. The maximum Gasteiger partial charge on any atom is 0.416 e. The normalized spacial score (nSPS) is 15.0. The number of amides is 2. The van der Waals surface area contributed by atoms with Gasteiger partial charge in [-0.25, -0.2) is 4.79 Å². The number of nitrogens with zero attached hydrogens (tertiary/aromatic N) is 2. The molecule has 0 unspecified atom stereocenters. The van der Waals surface area contributed by atoms with Crippen LogP contribution in [0.25, 0.3) is 0 Å². The zero-order valence-corrected chi connectivity index (χ0v) is 15.4. The molecule has 0 aliphatic carbocycles. The van der Waals surface area contributed by atoms with Gasteiger partial charge >= 0.3 is 12.2 Å². The van der Waals surface area contributed by atoms with Crippen molar-refractivity contribution in [2.24, 2.45) is 0 Å². The van der Waals surface area contributed by atoms with E-state index in [1.54, 1.807) is 17.0 Å². The first kappa shape index (κ1) is 19.4. The van der Waals surface area contributed by atoms with Gasteiger partial charge in [0.2, 0.25) is 0 Å². The minimum Gasteiger partial charge on any atom is -0.368 e. The molecule has 1 N–H and O–H groups in total. The van der Waals surface area contributed by atoms with Crippen molar-refractivity contribution in [3.8, 4) is 0 Å². The van der Waals surface area contributed by atoms with Crippen LogP contribution in [0.15, 0.2) is 42.5 Å². The molecule has 8 heteroatoms. The van der Waals surface area contributed by atoms with E-state index in [1.165, 1.54) is 12.1 Å². The van der Waals surface area contributed by atoms with E-state index in [4.69, 9.17) is 11.6 Å². The summed E-state index contributed by atoms with van der Waals surface area (Å²) in [6.45, 7) is 3.94. The lowest BCUT2D eigenvalue weighted by molar-refractivity contribution is -0.137. The third kappa shape index (κ3) is 4.66. The molecule has 2 aromatic carbocycles. The van der Waals surface area contributed by atoms with Crippen LogP contribution < -0.4 is 10.2 Å². The molecular weight excluding hydrogens is 379 g/mol. The van der Waals surface area contributed by atoms with E-state index in [-0.39, 0.29) is 6.03 Å². The second kappa shape index (κ2) is 7.68. The molecule has 0 bridgehead atoms. The van der Waals surface area contributed by atoms with Crippen molar-refractivity contribution in [2.75, 3.05) is 36.4 Å². The van der Waals surface area contributed by atoms with Gasteiger partial charge in [-0.3, -0.25) is 0 Å². The van der Waals surface area contributed by atoms with Crippen molar-refractivity contribution in [3.63, 3.8) is 0 Å². The fourth-order valence-electron chi connectivity index (χ4n) is 2.95. The highest BCUT2D eigenvalue weighted by Crippen LogP contribution is 2.30. The molecule has 144 valence electrons. The molecule has 0 spiro atoms. The molecule has 1 aliphatic rings. The van der Waals surface area contributed by atoms with Crippen LogP contribution in [0.2, 0.25) is 5.02 Å². The Morgan fingerprint density at radius 3 is 2.26 bits per heavy atom. The number of nitrogens with one attached hydrogen (secondary N) is 1.